The van der Waals surface area contributed by atoms with Crippen molar-refractivity contribution in [2.24, 2.45) is 0 Å². The zero-order valence-corrected chi connectivity index (χ0v) is 18.7. The Kier molecular flexibility index (Phi) is 5.37. The molecule has 1 aromatic heterocycles. The van der Waals surface area contributed by atoms with Gasteiger partial charge in [-0.25, -0.2) is 0 Å². The number of nitrogens with one attached hydrogen (secondary N) is 1. The molecule has 0 saturated carbocycles. The Morgan fingerprint density at radius 1 is 1.12 bits per heavy atom. The molecule has 0 spiro atoms. The largest absolute Gasteiger partial charge is 0.355 e. The second-order valence-electron chi connectivity index (χ2n) is 7.73. The summed E-state index contributed by atoms with van der Waals surface area (Å²) < 4.78 is 5.64. The third-order valence-corrected chi connectivity index (χ3v) is 6.23. The summed E-state index contributed by atoms with van der Waals surface area (Å²) >= 11 is 4.59. The molecule has 1 N–H and O–H groups in total. The van der Waals surface area contributed by atoms with E-state index >= 15 is 0 Å². The van der Waals surface area contributed by atoms with E-state index in [1.54, 1.807) is 0 Å². The third-order valence-electron chi connectivity index (χ3n) is 5.79. The van der Waals surface area contributed by atoms with Crippen molar-refractivity contribution in [1.29, 1.82) is 5.26 Å². The molecule has 6 nitrogen and oxygen atoms in total. The number of rotatable bonds is 4. The molecule has 0 aliphatic carbocycles. The van der Waals surface area contributed by atoms with Gasteiger partial charge in [-0.3, -0.25) is 4.79 Å². The van der Waals surface area contributed by atoms with Gasteiger partial charge in [0, 0.05) is 11.3 Å². The van der Waals surface area contributed by atoms with E-state index in [9.17, 15) is 10.1 Å². The summed E-state index contributed by atoms with van der Waals surface area (Å²) in [5.41, 5.74) is 4.45. The van der Waals surface area contributed by atoms with Crippen LogP contribution in [0.5, 0.6) is 0 Å². The summed E-state index contributed by atoms with van der Waals surface area (Å²) in [6.45, 7) is 2.09. The van der Waals surface area contributed by atoms with Crippen LogP contribution in [0.3, 0.4) is 0 Å². The van der Waals surface area contributed by atoms with Gasteiger partial charge >= 0.3 is 0 Å². The van der Waals surface area contributed by atoms with Gasteiger partial charge in [0.2, 0.25) is 0 Å². The van der Waals surface area contributed by atoms with Gasteiger partial charge in [-0.2, -0.15) is 5.26 Å². The molecule has 0 saturated heterocycles. The number of nitrogens with zero attached hydrogens (tertiary/aromatic N) is 3. The van der Waals surface area contributed by atoms with Crippen LogP contribution in [0.25, 0.3) is 22.2 Å². The second kappa shape index (κ2) is 8.49. The maximum atomic E-state index is 12.7. The first-order chi connectivity index (χ1) is 16.1. The highest BCUT2D eigenvalue weighted by molar-refractivity contribution is 7.84. The Bertz CT molecular complexity index is 1420. The fraction of sp³-hybridized carbons (Fsp3) is 0.115. The number of amides is 1. The van der Waals surface area contributed by atoms with Crippen LogP contribution < -0.4 is 10.2 Å². The van der Waals surface area contributed by atoms with E-state index in [1.165, 1.54) is 5.56 Å². The van der Waals surface area contributed by atoms with Crippen LogP contribution in [0.15, 0.2) is 87.9 Å². The number of carbonyl (C=O) groups is 1. The molecular weight excluding hydrogens is 432 g/mol. The highest BCUT2D eigenvalue weighted by Gasteiger charge is 2.34. The van der Waals surface area contributed by atoms with E-state index in [0.717, 1.165) is 34.1 Å². The topological polar surface area (TPSA) is 82.2 Å². The number of thiol groups is 1. The van der Waals surface area contributed by atoms with Crippen molar-refractivity contribution >= 4 is 35.1 Å². The first-order valence-electron chi connectivity index (χ1n) is 10.6. The Balaban J connectivity index is 1.65. The summed E-state index contributed by atoms with van der Waals surface area (Å²) in [4.78, 5) is 14.6. The predicted molar refractivity (Wildman–Crippen MR) is 130 cm³/mol. The lowest BCUT2D eigenvalue weighted by molar-refractivity contribution is -0.118. The molecule has 0 bridgehead atoms. The highest BCUT2D eigenvalue weighted by Crippen LogP contribution is 2.38. The van der Waals surface area contributed by atoms with Gasteiger partial charge < -0.3 is 14.7 Å². The molecule has 1 amide bonds. The van der Waals surface area contributed by atoms with Gasteiger partial charge in [-0.1, -0.05) is 60.6 Å². The van der Waals surface area contributed by atoms with Crippen LogP contribution in [0.2, 0.25) is 0 Å². The Morgan fingerprint density at radius 3 is 2.58 bits per heavy atom. The molecule has 3 aromatic carbocycles. The molecule has 7 heteroatoms. The molecule has 1 unspecified atom stereocenters. The first-order valence-corrected chi connectivity index (χ1v) is 11.0. The van der Waals surface area contributed by atoms with Crippen LogP contribution in [0.1, 0.15) is 24.2 Å². The van der Waals surface area contributed by atoms with E-state index in [0.29, 0.717) is 10.8 Å². The van der Waals surface area contributed by atoms with Crippen LogP contribution in [-0.4, -0.2) is 11.1 Å². The van der Waals surface area contributed by atoms with Crippen molar-refractivity contribution in [3.63, 3.8) is 0 Å². The molecule has 2 heterocycles. The van der Waals surface area contributed by atoms with Crippen molar-refractivity contribution < 1.29 is 9.32 Å². The number of benzene rings is 3. The van der Waals surface area contributed by atoms with E-state index in [4.69, 9.17) is 4.52 Å². The minimum atomic E-state index is -0.558. The second-order valence-corrected chi connectivity index (χ2v) is 8.15. The maximum absolute atomic E-state index is 12.7. The summed E-state index contributed by atoms with van der Waals surface area (Å²) in [6.07, 6.45) is 0.359. The molecular formula is C26H20N4O2S. The SMILES string of the molecule is CCc1ccc(N2C(S)=C(C#N)C(=O)NC2c2ccc3noc(-c4ccccc4)c3c2)cc1. The highest BCUT2D eigenvalue weighted by atomic mass is 32.1. The zero-order chi connectivity index (χ0) is 22.9. The van der Waals surface area contributed by atoms with Crippen molar-refractivity contribution in [2.45, 2.75) is 19.5 Å². The predicted octanol–water partition coefficient (Wildman–Crippen LogP) is 5.36. The standard InChI is InChI=1S/C26H20N4O2S/c1-2-16-8-11-19(12-9-16)30-24(28-25(31)21(15-27)26(30)33)18-10-13-22-20(14-18)23(32-29-22)17-6-4-3-5-7-17/h3-14,24,33H,2H2,1H3,(H,28,31). The number of fused-ring (bicyclic) bond motifs is 1. The molecule has 1 aliphatic rings. The Morgan fingerprint density at radius 2 is 1.88 bits per heavy atom. The average molecular weight is 453 g/mol. The van der Waals surface area contributed by atoms with Crippen molar-refractivity contribution in [2.75, 3.05) is 4.90 Å². The number of aromatic nitrogens is 1. The van der Waals surface area contributed by atoms with Gasteiger partial charge in [-0.15, -0.1) is 12.6 Å². The zero-order valence-electron chi connectivity index (χ0n) is 17.8. The number of carbonyl (C=O) groups excluding carboxylic acids is 1. The lowest BCUT2D eigenvalue weighted by Crippen LogP contribution is -2.46. The Labute approximate surface area is 196 Å². The lowest BCUT2D eigenvalue weighted by atomic mass is 10.0. The van der Waals surface area contributed by atoms with Gasteiger partial charge in [0.1, 0.15) is 23.3 Å². The Hall–Kier alpha value is -4.02. The van der Waals surface area contributed by atoms with Crippen LogP contribution in [-0.2, 0) is 11.2 Å². The van der Waals surface area contributed by atoms with E-state index in [1.807, 2.05) is 83.8 Å². The number of anilines is 1. The van der Waals surface area contributed by atoms with Crippen LogP contribution in [0, 0.1) is 11.3 Å². The normalized spacial score (nSPS) is 16.1. The summed E-state index contributed by atoms with van der Waals surface area (Å²) in [6, 6.07) is 25.5. The van der Waals surface area contributed by atoms with E-state index in [2.05, 4.69) is 30.0 Å². The molecule has 4 aromatic rings. The van der Waals surface area contributed by atoms with Crippen molar-refractivity contribution in [3.05, 3.63) is 94.5 Å². The first kappa shape index (κ1) is 20.9. The van der Waals surface area contributed by atoms with Gasteiger partial charge in [0.05, 0.1) is 10.4 Å². The van der Waals surface area contributed by atoms with Crippen LogP contribution in [0.4, 0.5) is 5.69 Å². The number of hydrogen-bond donors (Lipinski definition) is 2. The number of hydrogen-bond acceptors (Lipinski definition) is 6. The molecule has 33 heavy (non-hydrogen) atoms. The monoisotopic (exact) mass is 452 g/mol. The number of aryl methyl sites for hydroxylation is 1. The summed E-state index contributed by atoms with van der Waals surface area (Å²) in [7, 11) is 0. The van der Waals surface area contributed by atoms with Crippen LogP contribution >= 0.6 is 12.6 Å². The summed E-state index contributed by atoms with van der Waals surface area (Å²) in [5, 5.41) is 17.8. The van der Waals surface area contributed by atoms with Gasteiger partial charge in [0.25, 0.3) is 5.91 Å². The van der Waals surface area contributed by atoms with E-state index in [-0.39, 0.29) is 5.57 Å². The summed E-state index contributed by atoms with van der Waals surface area (Å²) in [5.74, 6) is 0.204. The molecule has 5 rings (SSSR count). The lowest BCUT2D eigenvalue weighted by Gasteiger charge is -2.38. The smallest absolute Gasteiger partial charge is 0.266 e. The fourth-order valence-corrected chi connectivity index (χ4v) is 4.41. The molecule has 1 atom stereocenters. The maximum Gasteiger partial charge on any atom is 0.266 e. The molecule has 1 aliphatic heterocycles. The van der Waals surface area contributed by atoms with E-state index < -0.39 is 12.1 Å². The van der Waals surface area contributed by atoms with Crippen molar-refractivity contribution in [3.8, 4) is 17.4 Å². The van der Waals surface area contributed by atoms with Gasteiger partial charge in [0.15, 0.2) is 5.76 Å². The molecule has 0 fully saturated rings. The van der Waals surface area contributed by atoms with Crippen molar-refractivity contribution in [1.82, 2.24) is 10.5 Å². The third kappa shape index (κ3) is 3.65. The van der Waals surface area contributed by atoms with Gasteiger partial charge in [-0.05, 0) is 41.8 Å². The molecule has 162 valence electrons. The fourth-order valence-electron chi connectivity index (χ4n) is 4.03. The quantitative estimate of drug-likeness (QED) is 0.408. The average Bonchev–Trinajstić information content (AvgIpc) is 3.28. The minimum Gasteiger partial charge on any atom is -0.355 e. The number of nitriles is 1. The minimum absolute atomic E-state index is 0.0230. The molecule has 0 radical (unpaired) electrons.